The maximum atomic E-state index is 5.38. The van der Waals surface area contributed by atoms with E-state index in [2.05, 4.69) is 57.9 Å². The molecule has 0 aliphatic carbocycles. The summed E-state index contributed by atoms with van der Waals surface area (Å²) < 4.78 is 5.38. The third kappa shape index (κ3) is 5.37. The molecule has 1 atom stereocenters. The summed E-state index contributed by atoms with van der Waals surface area (Å²) in [6.07, 6.45) is 1.77. The molecule has 0 saturated heterocycles. The van der Waals surface area contributed by atoms with E-state index in [-0.39, 0.29) is 5.54 Å². The van der Waals surface area contributed by atoms with Crippen molar-refractivity contribution in [3.63, 3.8) is 0 Å². The van der Waals surface area contributed by atoms with Gasteiger partial charge in [-0.3, -0.25) is 4.90 Å². The molecule has 0 saturated carbocycles. The molecule has 3 nitrogen and oxygen atoms in total. The summed E-state index contributed by atoms with van der Waals surface area (Å²) in [6.45, 7) is 15.2. The van der Waals surface area contributed by atoms with Crippen molar-refractivity contribution in [2.45, 2.75) is 59.7 Å². The van der Waals surface area contributed by atoms with E-state index in [9.17, 15) is 0 Å². The summed E-state index contributed by atoms with van der Waals surface area (Å²) in [6, 6.07) is 2.59. The number of nitrogens with one attached hydrogen (secondary N) is 1. The van der Waals surface area contributed by atoms with Crippen LogP contribution in [-0.4, -0.2) is 30.1 Å². The number of furan rings is 1. The van der Waals surface area contributed by atoms with Crippen LogP contribution in [0.3, 0.4) is 0 Å². The van der Waals surface area contributed by atoms with Crippen LogP contribution in [0, 0.1) is 12.8 Å². The van der Waals surface area contributed by atoms with E-state index in [1.165, 1.54) is 5.56 Å². The molecule has 1 rings (SSSR count). The van der Waals surface area contributed by atoms with E-state index in [0.29, 0.717) is 12.0 Å². The largest absolute Gasteiger partial charge is 0.469 e. The highest BCUT2D eigenvalue weighted by Crippen LogP contribution is 2.16. The average Bonchev–Trinajstić information content (AvgIpc) is 2.62. The summed E-state index contributed by atoms with van der Waals surface area (Å²) in [7, 11) is 2.20. The van der Waals surface area contributed by atoms with E-state index in [1.54, 1.807) is 6.26 Å². The Bertz CT molecular complexity index is 376. The van der Waals surface area contributed by atoms with Crippen LogP contribution in [0.25, 0.3) is 0 Å². The summed E-state index contributed by atoms with van der Waals surface area (Å²) in [5.74, 6) is 1.64. The summed E-state index contributed by atoms with van der Waals surface area (Å²) in [5.41, 5.74) is 1.45. The lowest BCUT2D eigenvalue weighted by molar-refractivity contribution is 0.169. The normalized spacial score (nSPS) is 14.4. The molecule has 0 aliphatic rings. The molecule has 1 aromatic rings. The van der Waals surface area contributed by atoms with Crippen molar-refractivity contribution >= 4 is 0 Å². The SMILES string of the molecule is Cc1occc1CN(C)C(CNC(C)(C)C)C(C)C. The molecule has 0 radical (unpaired) electrons. The minimum atomic E-state index is 0.166. The highest BCUT2D eigenvalue weighted by Gasteiger charge is 2.21. The van der Waals surface area contributed by atoms with Gasteiger partial charge in [-0.25, -0.2) is 0 Å². The molecule has 0 bridgehead atoms. The third-order valence-corrected chi connectivity index (χ3v) is 3.56. The molecule has 19 heavy (non-hydrogen) atoms. The summed E-state index contributed by atoms with van der Waals surface area (Å²) in [5, 5.41) is 3.61. The number of hydrogen-bond donors (Lipinski definition) is 1. The fraction of sp³-hybridized carbons (Fsp3) is 0.750. The van der Waals surface area contributed by atoms with Gasteiger partial charge in [0.05, 0.1) is 6.26 Å². The van der Waals surface area contributed by atoms with E-state index in [1.807, 2.05) is 6.92 Å². The molecule has 0 aliphatic heterocycles. The fourth-order valence-corrected chi connectivity index (χ4v) is 2.27. The fourth-order valence-electron chi connectivity index (χ4n) is 2.27. The first kappa shape index (κ1) is 16.3. The molecule has 1 unspecified atom stereocenters. The van der Waals surface area contributed by atoms with Gasteiger partial charge in [0.2, 0.25) is 0 Å². The van der Waals surface area contributed by atoms with Crippen LogP contribution in [0.1, 0.15) is 45.9 Å². The van der Waals surface area contributed by atoms with Crippen LogP contribution in [0.15, 0.2) is 16.7 Å². The minimum absolute atomic E-state index is 0.166. The van der Waals surface area contributed by atoms with Gasteiger partial charge >= 0.3 is 0 Å². The molecule has 1 N–H and O–H groups in total. The molecule has 0 spiro atoms. The minimum Gasteiger partial charge on any atom is -0.469 e. The van der Waals surface area contributed by atoms with Gasteiger partial charge in [-0.2, -0.15) is 0 Å². The van der Waals surface area contributed by atoms with E-state index in [4.69, 9.17) is 4.42 Å². The molecular formula is C16H30N2O. The van der Waals surface area contributed by atoms with Crippen molar-refractivity contribution in [1.82, 2.24) is 10.2 Å². The highest BCUT2D eigenvalue weighted by atomic mass is 16.3. The quantitative estimate of drug-likeness (QED) is 0.855. The van der Waals surface area contributed by atoms with Gasteiger partial charge in [0.15, 0.2) is 0 Å². The molecule has 3 heteroatoms. The lowest BCUT2D eigenvalue weighted by Gasteiger charge is -2.34. The van der Waals surface area contributed by atoms with Gasteiger partial charge in [0.1, 0.15) is 5.76 Å². The Kier molecular flexibility index (Phi) is 5.63. The van der Waals surface area contributed by atoms with Gasteiger partial charge < -0.3 is 9.73 Å². The van der Waals surface area contributed by atoms with Crippen LogP contribution >= 0.6 is 0 Å². The molecule has 0 aromatic carbocycles. The Balaban J connectivity index is 2.63. The van der Waals surface area contributed by atoms with Gasteiger partial charge in [0.25, 0.3) is 0 Å². The van der Waals surface area contributed by atoms with E-state index in [0.717, 1.165) is 18.8 Å². The van der Waals surface area contributed by atoms with Gasteiger partial charge in [-0.05, 0) is 46.7 Å². The Labute approximate surface area is 118 Å². The van der Waals surface area contributed by atoms with Crippen molar-refractivity contribution < 1.29 is 4.42 Å². The van der Waals surface area contributed by atoms with Crippen LogP contribution in [0.5, 0.6) is 0 Å². The van der Waals surface area contributed by atoms with Crippen LogP contribution < -0.4 is 5.32 Å². The molecule has 110 valence electrons. The zero-order chi connectivity index (χ0) is 14.6. The summed E-state index contributed by atoms with van der Waals surface area (Å²) in [4.78, 5) is 2.42. The van der Waals surface area contributed by atoms with Crippen LogP contribution in [0.2, 0.25) is 0 Å². The average molecular weight is 266 g/mol. The highest BCUT2D eigenvalue weighted by molar-refractivity contribution is 5.15. The lowest BCUT2D eigenvalue weighted by atomic mass is 10.0. The first-order chi connectivity index (χ1) is 8.70. The second-order valence-electron chi connectivity index (χ2n) is 6.86. The smallest absolute Gasteiger partial charge is 0.105 e. The first-order valence-electron chi connectivity index (χ1n) is 7.19. The van der Waals surface area contributed by atoms with Crippen molar-refractivity contribution in [1.29, 1.82) is 0 Å². The molecule has 1 aromatic heterocycles. The molecule has 1 heterocycles. The van der Waals surface area contributed by atoms with Crippen molar-refractivity contribution in [2.75, 3.05) is 13.6 Å². The molecule has 0 fully saturated rings. The zero-order valence-electron chi connectivity index (χ0n) is 13.6. The predicted molar refractivity (Wildman–Crippen MR) is 81.3 cm³/mol. The Morgan fingerprint density at radius 1 is 1.32 bits per heavy atom. The first-order valence-corrected chi connectivity index (χ1v) is 7.19. The van der Waals surface area contributed by atoms with Gasteiger partial charge in [-0.15, -0.1) is 0 Å². The molecule has 0 amide bonds. The van der Waals surface area contributed by atoms with E-state index < -0.39 is 0 Å². The number of likely N-dealkylation sites (N-methyl/N-ethyl adjacent to an activating group) is 1. The van der Waals surface area contributed by atoms with Crippen molar-refractivity contribution in [3.8, 4) is 0 Å². The van der Waals surface area contributed by atoms with E-state index >= 15 is 0 Å². The number of aryl methyl sites for hydroxylation is 1. The predicted octanol–water partition coefficient (Wildman–Crippen LogP) is 3.43. The maximum absolute atomic E-state index is 5.38. The van der Waals surface area contributed by atoms with Crippen molar-refractivity contribution in [2.24, 2.45) is 5.92 Å². The van der Waals surface area contributed by atoms with Gasteiger partial charge in [-0.1, -0.05) is 13.8 Å². The van der Waals surface area contributed by atoms with Crippen LogP contribution in [-0.2, 0) is 6.54 Å². The lowest BCUT2D eigenvalue weighted by Crippen LogP contribution is -2.48. The number of nitrogens with zero attached hydrogens (tertiary/aromatic N) is 1. The zero-order valence-corrected chi connectivity index (χ0v) is 13.6. The second-order valence-corrected chi connectivity index (χ2v) is 6.86. The Morgan fingerprint density at radius 2 is 1.95 bits per heavy atom. The van der Waals surface area contributed by atoms with Crippen LogP contribution in [0.4, 0.5) is 0 Å². The molecular weight excluding hydrogens is 236 g/mol. The Hall–Kier alpha value is -0.800. The standard InChI is InChI=1S/C16H30N2O/c1-12(2)15(10-17-16(4,5)6)18(7)11-14-8-9-19-13(14)3/h8-9,12,15,17H,10-11H2,1-7H3. The third-order valence-electron chi connectivity index (χ3n) is 3.56. The number of rotatable bonds is 6. The second kappa shape index (κ2) is 6.58. The number of hydrogen-bond acceptors (Lipinski definition) is 3. The van der Waals surface area contributed by atoms with Crippen molar-refractivity contribution in [3.05, 3.63) is 23.7 Å². The summed E-state index contributed by atoms with van der Waals surface area (Å²) >= 11 is 0. The monoisotopic (exact) mass is 266 g/mol. The van der Waals surface area contributed by atoms with Gasteiger partial charge in [0, 0.05) is 30.2 Å². The maximum Gasteiger partial charge on any atom is 0.105 e. The topological polar surface area (TPSA) is 28.4 Å². The Morgan fingerprint density at radius 3 is 2.37 bits per heavy atom.